The maximum atomic E-state index is 11.2. The smallest absolute Gasteiger partial charge is 0.330 e. The number of hydrogen-bond donors (Lipinski definition) is 0. The summed E-state index contributed by atoms with van der Waals surface area (Å²) >= 11 is 12.0. The highest BCUT2D eigenvalue weighted by Gasteiger charge is 2.05. The molecule has 0 aliphatic rings. The van der Waals surface area contributed by atoms with Gasteiger partial charge >= 0.3 is 5.97 Å². The highest BCUT2D eigenvalue weighted by molar-refractivity contribution is 6.42. The van der Waals surface area contributed by atoms with Crippen LogP contribution < -0.4 is 0 Å². The molecule has 0 amide bonds. The molecule has 20 heavy (non-hydrogen) atoms. The third-order valence-corrected chi connectivity index (χ3v) is 3.53. The van der Waals surface area contributed by atoms with Crippen molar-refractivity contribution in [1.29, 1.82) is 0 Å². The van der Waals surface area contributed by atoms with Gasteiger partial charge in [-0.2, -0.15) is 0 Å². The fourth-order valence-electron chi connectivity index (χ4n) is 1.79. The molecule has 2 aromatic carbocycles. The van der Waals surface area contributed by atoms with Gasteiger partial charge in [0.15, 0.2) is 0 Å². The Morgan fingerprint density at radius 3 is 2.55 bits per heavy atom. The summed E-state index contributed by atoms with van der Waals surface area (Å²) in [5, 5.41) is 1.01. The molecule has 102 valence electrons. The largest absolute Gasteiger partial charge is 0.466 e. The second-order valence-corrected chi connectivity index (χ2v) is 4.89. The fraction of sp³-hybridized carbons (Fsp3) is 0.0625. The first kappa shape index (κ1) is 14.6. The number of ether oxygens (including phenoxy) is 1. The van der Waals surface area contributed by atoms with E-state index in [4.69, 9.17) is 23.2 Å². The van der Waals surface area contributed by atoms with E-state index in [9.17, 15) is 4.79 Å². The van der Waals surface area contributed by atoms with Crippen LogP contribution in [0.1, 0.15) is 5.56 Å². The molecule has 0 N–H and O–H groups in total. The second kappa shape index (κ2) is 6.60. The number of halogens is 2. The Morgan fingerprint density at radius 1 is 1.10 bits per heavy atom. The molecule has 0 saturated carbocycles. The number of benzene rings is 2. The lowest BCUT2D eigenvalue weighted by atomic mass is 9.99. The minimum atomic E-state index is -0.394. The average Bonchev–Trinajstić information content (AvgIpc) is 2.48. The fourth-order valence-corrected chi connectivity index (χ4v) is 2.09. The molecule has 2 aromatic rings. The zero-order chi connectivity index (χ0) is 14.5. The molecule has 0 unspecified atom stereocenters. The summed E-state index contributed by atoms with van der Waals surface area (Å²) in [4.78, 5) is 11.2. The summed E-state index contributed by atoms with van der Waals surface area (Å²) in [5.41, 5.74) is 2.80. The van der Waals surface area contributed by atoms with Crippen molar-refractivity contribution < 1.29 is 9.53 Å². The van der Waals surface area contributed by atoms with Crippen LogP contribution in [0.2, 0.25) is 10.0 Å². The van der Waals surface area contributed by atoms with Crippen molar-refractivity contribution in [1.82, 2.24) is 0 Å². The van der Waals surface area contributed by atoms with Gasteiger partial charge in [-0.3, -0.25) is 0 Å². The number of hydrogen-bond acceptors (Lipinski definition) is 2. The Morgan fingerprint density at radius 2 is 1.85 bits per heavy atom. The average molecular weight is 307 g/mol. The summed E-state index contributed by atoms with van der Waals surface area (Å²) in [6, 6.07) is 13.1. The number of esters is 1. The summed E-state index contributed by atoms with van der Waals surface area (Å²) in [7, 11) is 1.34. The van der Waals surface area contributed by atoms with Gasteiger partial charge in [0, 0.05) is 6.08 Å². The molecule has 2 rings (SSSR count). The number of carbonyl (C=O) groups excluding carboxylic acids is 1. The van der Waals surface area contributed by atoms with Crippen LogP contribution in [0.25, 0.3) is 17.2 Å². The predicted molar refractivity (Wildman–Crippen MR) is 82.9 cm³/mol. The topological polar surface area (TPSA) is 26.3 Å². The van der Waals surface area contributed by atoms with E-state index in [2.05, 4.69) is 4.74 Å². The number of carbonyl (C=O) groups is 1. The maximum Gasteiger partial charge on any atom is 0.330 e. The number of rotatable bonds is 3. The summed E-state index contributed by atoms with van der Waals surface area (Å²) in [6.45, 7) is 0. The molecule has 0 atom stereocenters. The zero-order valence-corrected chi connectivity index (χ0v) is 12.3. The van der Waals surface area contributed by atoms with Crippen molar-refractivity contribution in [2.24, 2.45) is 0 Å². The van der Waals surface area contributed by atoms with Crippen LogP contribution in [0.3, 0.4) is 0 Å². The maximum absolute atomic E-state index is 11.2. The van der Waals surface area contributed by atoms with Gasteiger partial charge in [-0.05, 0) is 34.9 Å². The van der Waals surface area contributed by atoms with Gasteiger partial charge < -0.3 is 4.74 Å². The van der Waals surface area contributed by atoms with E-state index in [1.807, 2.05) is 30.3 Å². The van der Waals surface area contributed by atoms with Crippen molar-refractivity contribution in [3.05, 3.63) is 64.1 Å². The van der Waals surface area contributed by atoms with Gasteiger partial charge in [0.2, 0.25) is 0 Å². The minimum absolute atomic E-state index is 0.394. The molecule has 0 aliphatic carbocycles. The van der Waals surface area contributed by atoms with Gasteiger partial charge in [0.05, 0.1) is 17.2 Å². The Bertz CT molecular complexity index is 663. The van der Waals surface area contributed by atoms with Crippen molar-refractivity contribution in [3.8, 4) is 11.1 Å². The SMILES string of the molecule is COC(=O)C=Cc1ccccc1-c1ccc(Cl)c(Cl)c1. The Kier molecular flexibility index (Phi) is 4.83. The van der Waals surface area contributed by atoms with Crippen LogP contribution in [-0.2, 0) is 9.53 Å². The lowest BCUT2D eigenvalue weighted by Gasteiger charge is -2.07. The molecule has 0 heterocycles. The first-order valence-electron chi connectivity index (χ1n) is 5.92. The minimum Gasteiger partial charge on any atom is -0.466 e. The van der Waals surface area contributed by atoms with Gasteiger partial charge in [-0.1, -0.05) is 53.5 Å². The quantitative estimate of drug-likeness (QED) is 0.598. The summed E-state index contributed by atoms with van der Waals surface area (Å²) in [5.74, 6) is -0.394. The Hall–Kier alpha value is -1.77. The summed E-state index contributed by atoms with van der Waals surface area (Å²) in [6.07, 6.45) is 3.10. The predicted octanol–water partition coefficient (Wildman–Crippen LogP) is 4.85. The molecule has 0 fully saturated rings. The Labute approximate surface area is 127 Å². The van der Waals surface area contributed by atoms with E-state index in [-0.39, 0.29) is 0 Å². The van der Waals surface area contributed by atoms with Crippen LogP contribution >= 0.6 is 23.2 Å². The standard InChI is InChI=1S/C16H12Cl2O2/c1-20-16(19)9-7-11-4-2-3-5-13(11)12-6-8-14(17)15(18)10-12/h2-10H,1H3. The van der Waals surface area contributed by atoms with Gasteiger partial charge in [0.1, 0.15) is 0 Å². The van der Waals surface area contributed by atoms with Crippen LogP contribution in [0.4, 0.5) is 0 Å². The molecule has 0 aliphatic heterocycles. The van der Waals surface area contributed by atoms with E-state index >= 15 is 0 Å². The summed E-state index contributed by atoms with van der Waals surface area (Å²) < 4.78 is 4.59. The highest BCUT2D eigenvalue weighted by Crippen LogP contribution is 2.30. The zero-order valence-electron chi connectivity index (χ0n) is 10.8. The molecule has 0 aromatic heterocycles. The third-order valence-electron chi connectivity index (χ3n) is 2.79. The van der Waals surface area contributed by atoms with E-state index in [0.717, 1.165) is 16.7 Å². The normalized spacial score (nSPS) is 10.8. The van der Waals surface area contributed by atoms with Crippen molar-refractivity contribution >= 4 is 35.2 Å². The van der Waals surface area contributed by atoms with Gasteiger partial charge in [0.25, 0.3) is 0 Å². The first-order valence-corrected chi connectivity index (χ1v) is 6.68. The molecular weight excluding hydrogens is 295 g/mol. The highest BCUT2D eigenvalue weighted by atomic mass is 35.5. The van der Waals surface area contributed by atoms with Crippen LogP contribution in [-0.4, -0.2) is 13.1 Å². The van der Waals surface area contributed by atoms with Crippen LogP contribution in [0.5, 0.6) is 0 Å². The van der Waals surface area contributed by atoms with Crippen molar-refractivity contribution in [3.63, 3.8) is 0 Å². The molecule has 0 bridgehead atoms. The third kappa shape index (κ3) is 3.41. The van der Waals surface area contributed by atoms with Crippen molar-refractivity contribution in [2.75, 3.05) is 7.11 Å². The second-order valence-electron chi connectivity index (χ2n) is 4.07. The van der Waals surface area contributed by atoms with Crippen LogP contribution in [0, 0.1) is 0 Å². The molecular formula is C16H12Cl2O2. The van der Waals surface area contributed by atoms with E-state index in [1.165, 1.54) is 13.2 Å². The van der Waals surface area contributed by atoms with E-state index in [1.54, 1.807) is 18.2 Å². The molecule has 0 spiro atoms. The van der Waals surface area contributed by atoms with Crippen LogP contribution in [0.15, 0.2) is 48.5 Å². The lowest BCUT2D eigenvalue weighted by Crippen LogP contribution is -1.93. The van der Waals surface area contributed by atoms with Gasteiger partial charge in [-0.15, -0.1) is 0 Å². The Balaban J connectivity index is 2.44. The molecule has 2 nitrogen and oxygen atoms in total. The monoisotopic (exact) mass is 306 g/mol. The molecule has 0 saturated heterocycles. The molecule has 4 heteroatoms. The van der Waals surface area contributed by atoms with E-state index < -0.39 is 5.97 Å². The number of methoxy groups -OCH3 is 1. The first-order chi connectivity index (χ1) is 9.61. The lowest BCUT2D eigenvalue weighted by molar-refractivity contribution is -0.134. The molecule has 0 radical (unpaired) electrons. The van der Waals surface area contributed by atoms with E-state index in [0.29, 0.717) is 10.0 Å². The van der Waals surface area contributed by atoms with Crippen molar-refractivity contribution in [2.45, 2.75) is 0 Å². The van der Waals surface area contributed by atoms with Gasteiger partial charge in [-0.25, -0.2) is 4.79 Å².